The Bertz CT molecular complexity index is 777. The maximum absolute atomic E-state index is 12.4. The van der Waals surface area contributed by atoms with E-state index in [0.717, 1.165) is 24.3 Å². The summed E-state index contributed by atoms with van der Waals surface area (Å²) in [7, 11) is 0. The first-order valence-corrected chi connectivity index (χ1v) is 6.23. The third-order valence-corrected chi connectivity index (χ3v) is 2.69. The number of nitriles is 1. The first-order chi connectivity index (χ1) is 11.1. The van der Waals surface area contributed by atoms with Gasteiger partial charge in [-0.3, -0.25) is 0 Å². The fourth-order valence-corrected chi connectivity index (χ4v) is 1.93. The van der Waals surface area contributed by atoms with Crippen LogP contribution in [0.3, 0.4) is 0 Å². The largest absolute Gasteiger partial charge is 0.573 e. The fourth-order valence-electron chi connectivity index (χ4n) is 1.93. The van der Waals surface area contributed by atoms with E-state index in [2.05, 4.69) is 9.47 Å². The molecule has 126 valence electrons. The van der Waals surface area contributed by atoms with Crippen molar-refractivity contribution in [2.75, 3.05) is 0 Å². The minimum atomic E-state index is -5.01. The van der Waals surface area contributed by atoms with Crippen LogP contribution in [0.15, 0.2) is 42.5 Å². The van der Waals surface area contributed by atoms with Crippen LogP contribution in [0.25, 0.3) is 11.1 Å². The van der Waals surface area contributed by atoms with Crippen molar-refractivity contribution in [1.29, 1.82) is 5.26 Å². The SMILES string of the molecule is N#Cc1cc(OC(F)(F)F)cc(-c2ccccc2OC(F)(F)F)c1. The van der Waals surface area contributed by atoms with Crippen molar-refractivity contribution in [2.45, 2.75) is 12.7 Å². The number of rotatable bonds is 3. The molecule has 0 spiro atoms. The summed E-state index contributed by atoms with van der Waals surface area (Å²) in [4.78, 5) is 0. The van der Waals surface area contributed by atoms with Crippen LogP contribution in [0.5, 0.6) is 11.5 Å². The maximum atomic E-state index is 12.4. The van der Waals surface area contributed by atoms with Gasteiger partial charge in [-0.25, -0.2) is 0 Å². The van der Waals surface area contributed by atoms with Crippen molar-refractivity contribution in [3.05, 3.63) is 48.0 Å². The minimum Gasteiger partial charge on any atom is -0.406 e. The zero-order chi connectivity index (χ0) is 18.0. The van der Waals surface area contributed by atoms with Gasteiger partial charge < -0.3 is 9.47 Å². The van der Waals surface area contributed by atoms with E-state index >= 15 is 0 Å². The van der Waals surface area contributed by atoms with Gasteiger partial charge in [0.05, 0.1) is 11.6 Å². The summed E-state index contributed by atoms with van der Waals surface area (Å²) in [6.07, 6.45) is -9.98. The Kier molecular flexibility index (Phi) is 4.59. The van der Waals surface area contributed by atoms with Crippen LogP contribution in [0.2, 0.25) is 0 Å². The van der Waals surface area contributed by atoms with Crippen LogP contribution >= 0.6 is 0 Å². The summed E-state index contributed by atoms with van der Waals surface area (Å²) in [5.74, 6) is -1.34. The Morgan fingerprint density at radius 3 is 2.04 bits per heavy atom. The standard InChI is InChI=1S/C15H7F6NO2/c16-14(17,18)23-11-6-9(8-22)5-10(7-11)12-3-1-2-4-13(12)24-15(19,20)21/h1-7H. The van der Waals surface area contributed by atoms with Crippen LogP contribution in [0.4, 0.5) is 26.3 Å². The van der Waals surface area contributed by atoms with Gasteiger partial charge in [-0.2, -0.15) is 5.26 Å². The number of hydrogen-bond donors (Lipinski definition) is 0. The van der Waals surface area contributed by atoms with Crippen LogP contribution < -0.4 is 9.47 Å². The van der Waals surface area contributed by atoms with Gasteiger partial charge in [0.1, 0.15) is 11.5 Å². The summed E-state index contributed by atoms with van der Waals surface area (Å²) < 4.78 is 81.9. The van der Waals surface area contributed by atoms with Crippen molar-refractivity contribution in [3.63, 3.8) is 0 Å². The van der Waals surface area contributed by atoms with Gasteiger partial charge in [-0.05, 0) is 29.8 Å². The van der Waals surface area contributed by atoms with Crippen LogP contribution in [-0.2, 0) is 0 Å². The molecule has 9 heteroatoms. The summed E-state index contributed by atoms with van der Waals surface area (Å²) in [6, 6.07) is 9.31. The molecule has 3 nitrogen and oxygen atoms in total. The van der Waals surface area contributed by atoms with Crippen LogP contribution in [-0.4, -0.2) is 12.7 Å². The third-order valence-electron chi connectivity index (χ3n) is 2.69. The number of ether oxygens (including phenoxy) is 2. The van der Waals surface area contributed by atoms with E-state index in [9.17, 15) is 26.3 Å². The van der Waals surface area contributed by atoms with Gasteiger partial charge >= 0.3 is 12.7 Å². The lowest BCUT2D eigenvalue weighted by molar-refractivity contribution is -0.275. The highest BCUT2D eigenvalue weighted by atomic mass is 19.4. The van der Waals surface area contributed by atoms with E-state index in [1.165, 1.54) is 18.2 Å². The molecule has 0 bridgehead atoms. The van der Waals surface area contributed by atoms with E-state index < -0.39 is 24.2 Å². The molecule has 0 heterocycles. The molecule has 24 heavy (non-hydrogen) atoms. The van der Waals surface area contributed by atoms with E-state index in [0.29, 0.717) is 0 Å². The lowest BCUT2D eigenvalue weighted by Crippen LogP contribution is -2.18. The molecule has 0 saturated carbocycles. The lowest BCUT2D eigenvalue weighted by atomic mass is 10.0. The van der Waals surface area contributed by atoms with Crippen molar-refractivity contribution in [1.82, 2.24) is 0 Å². The molecule has 0 unspecified atom stereocenters. The zero-order valence-corrected chi connectivity index (χ0v) is 11.6. The molecule has 0 aliphatic rings. The smallest absolute Gasteiger partial charge is 0.406 e. The Labute approximate surface area is 131 Å². The monoisotopic (exact) mass is 347 g/mol. The molecule has 0 radical (unpaired) electrons. The van der Waals surface area contributed by atoms with Gasteiger partial charge in [0, 0.05) is 5.56 Å². The zero-order valence-electron chi connectivity index (χ0n) is 11.6. The molecule has 2 aromatic carbocycles. The number of halogens is 6. The molecule has 0 N–H and O–H groups in total. The summed E-state index contributed by atoms with van der Waals surface area (Å²) in [5, 5.41) is 8.89. The Morgan fingerprint density at radius 1 is 0.833 bits per heavy atom. The van der Waals surface area contributed by atoms with Gasteiger partial charge in [0.25, 0.3) is 0 Å². The van der Waals surface area contributed by atoms with Gasteiger partial charge in [-0.1, -0.05) is 18.2 Å². The molecule has 0 aliphatic heterocycles. The molecule has 2 rings (SSSR count). The van der Waals surface area contributed by atoms with Gasteiger partial charge in [-0.15, -0.1) is 26.3 Å². The summed E-state index contributed by atoms with van der Waals surface area (Å²) >= 11 is 0. The number of nitrogens with zero attached hydrogens (tertiary/aromatic N) is 1. The maximum Gasteiger partial charge on any atom is 0.573 e. The number of hydrogen-bond acceptors (Lipinski definition) is 3. The summed E-state index contributed by atoms with van der Waals surface area (Å²) in [5.41, 5.74) is -0.444. The molecule has 0 amide bonds. The van der Waals surface area contributed by atoms with E-state index in [-0.39, 0.29) is 16.7 Å². The number of benzene rings is 2. The Morgan fingerprint density at radius 2 is 1.46 bits per heavy atom. The molecular weight excluding hydrogens is 340 g/mol. The van der Waals surface area contributed by atoms with Crippen molar-refractivity contribution in [2.24, 2.45) is 0 Å². The van der Waals surface area contributed by atoms with Crippen LogP contribution in [0.1, 0.15) is 5.56 Å². The quantitative estimate of drug-likeness (QED) is 0.732. The molecule has 2 aromatic rings. The second-order valence-electron chi connectivity index (χ2n) is 4.45. The van der Waals surface area contributed by atoms with Gasteiger partial charge in [0.2, 0.25) is 0 Å². The first-order valence-electron chi connectivity index (χ1n) is 6.23. The number of alkyl halides is 6. The molecule has 0 saturated heterocycles. The summed E-state index contributed by atoms with van der Waals surface area (Å²) in [6.45, 7) is 0. The van der Waals surface area contributed by atoms with Crippen molar-refractivity contribution in [3.8, 4) is 28.7 Å². The molecule has 0 fully saturated rings. The fraction of sp³-hybridized carbons (Fsp3) is 0.133. The predicted octanol–water partition coefficient (Wildman–Crippen LogP) is 5.02. The van der Waals surface area contributed by atoms with Crippen molar-refractivity contribution >= 4 is 0 Å². The molecule has 0 aliphatic carbocycles. The molecule has 0 atom stereocenters. The lowest BCUT2D eigenvalue weighted by Gasteiger charge is -2.15. The third kappa shape index (κ3) is 4.81. The predicted molar refractivity (Wildman–Crippen MR) is 70.0 cm³/mol. The highest BCUT2D eigenvalue weighted by molar-refractivity contribution is 5.73. The Balaban J connectivity index is 2.53. The minimum absolute atomic E-state index is 0.0897. The van der Waals surface area contributed by atoms with Crippen LogP contribution in [0, 0.1) is 11.3 Å². The van der Waals surface area contributed by atoms with Crippen molar-refractivity contribution < 1.29 is 35.8 Å². The normalized spacial score (nSPS) is 11.7. The molecular formula is C15H7F6NO2. The molecule has 0 aromatic heterocycles. The number of para-hydroxylation sites is 1. The topological polar surface area (TPSA) is 42.2 Å². The average molecular weight is 347 g/mol. The first kappa shape index (κ1) is 17.5. The van der Waals surface area contributed by atoms with E-state index in [1.807, 2.05) is 0 Å². The van der Waals surface area contributed by atoms with E-state index in [1.54, 1.807) is 6.07 Å². The second-order valence-corrected chi connectivity index (χ2v) is 4.45. The highest BCUT2D eigenvalue weighted by Gasteiger charge is 2.33. The average Bonchev–Trinajstić information content (AvgIpc) is 2.44. The van der Waals surface area contributed by atoms with Gasteiger partial charge in [0.15, 0.2) is 0 Å². The second kappa shape index (κ2) is 6.31. The Hall–Kier alpha value is -2.89. The van der Waals surface area contributed by atoms with E-state index in [4.69, 9.17) is 5.26 Å². The highest BCUT2D eigenvalue weighted by Crippen LogP contribution is 2.36.